The fourth-order valence-electron chi connectivity index (χ4n) is 4.67. The molecule has 0 bridgehead atoms. The molecule has 0 fully saturated rings. The number of methoxy groups -OCH3 is 1. The van der Waals surface area contributed by atoms with E-state index in [1.165, 1.54) is 22.0 Å². The third-order valence-electron chi connectivity index (χ3n) is 6.59. The second-order valence-corrected chi connectivity index (χ2v) is 10.1. The molecule has 0 radical (unpaired) electrons. The van der Waals surface area contributed by atoms with Crippen molar-refractivity contribution in [3.05, 3.63) is 108 Å². The number of carboxylic acid groups (broad SMARTS) is 1. The monoisotopic (exact) mass is 558 g/mol. The molecule has 204 valence electrons. The summed E-state index contributed by atoms with van der Waals surface area (Å²) in [7, 11) is 1.57. The van der Waals surface area contributed by atoms with Crippen molar-refractivity contribution in [3.63, 3.8) is 0 Å². The topological polar surface area (TPSA) is 120 Å². The van der Waals surface area contributed by atoms with Crippen LogP contribution in [0.5, 0.6) is 5.75 Å². The summed E-state index contributed by atoms with van der Waals surface area (Å²) in [6.45, 7) is 5.46. The molecule has 2 aromatic heterocycles. The van der Waals surface area contributed by atoms with Gasteiger partial charge in [0, 0.05) is 11.6 Å². The zero-order chi connectivity index (χ0) is 28.6. The Morgan fingerprint density at radius 1 is 1.12 bits per heavy atom. The molecule has 1 aliphatic heterocycles. The van der Waals surface area contributed by atoms with E-state index in [9.17, 15) is 19.5 Å². The minimum Gasteiger partial charge on any atom is -0.497 e. The highest BCUT2D eigenvalue weighted by atomic mass is 32.1. The zero-order valence-corrected chi connectivity index (χ0v) is 23.1. The summed E-state index contributed by atoms with van der Waals surface area (Å²) >= 11 is 1.20. The van der Waals surface area contributed by atoms with Gasteiger partial charge in [0.15, 0.2) is 4.80 Å². The summed E-state index contributed by atoms with van der Waals surface area (Å²) in [6.07, 6.45) is 1.64. The lowest BCUT2D eigenvalue weighted by Gasteiger charge is -2.24. The predicted octanol–water partition coefficient (Wildman–Crippen LogP) is 4.07. The molecule has 0 amide bonds. The molecule has 3 heterocycles. The van der Waals surface area contributed by atoms with Gasteiger partial charge in [-0.2, -0.15) is 0 Å². The molecule has 4 aromatic rings. The molecule has 2 aromatic carbocycles. The van der Waals surface area contributed by atoms with Crippen LogP contribution in [0.2, 0.25) is 0 Å². The van der Waals surface area contributed by atoms with Gasteiger partial charge in [-0.3, -0.25) is 9.36 Å². The SMILES string of the molecule is CCOC(=O)C1=C(C)N=c2sc(=Cc3ccc(-c4ccc(C(=O)O)cc4C)o3)c(=O)n2C1c1ccc(OC)cc1. The van der Waals surface area contributed by atoms with E-state index in [0.717, 1.165) is 11.1 Å². The number of rotatable bonds is 7. The number of esters is 1. The number of carbonyl (C=O) groups is 2. The molecule has 0 saturated carbocycles. The first-order valence-electron chi connectivity index (χ1n) is 12.5. The molecule has 1 aliphatic rings. The van der Waals surface area contributed by atoms with Crippen molar-refractivity contribution in [2.75, 3.05) is 13.7 Å². The smallest absolute Gasteiger partial charge is 0.338 e. The van der Waals surface area contributed by atoms with E-state index in [1.54, 1.807) is 63.4 Å². The van der Waals surface area contributed by atoms with Crippen molar-refractivity contribution >= 4 is 29.4 Å². The Morgan fingerprint density at radius 2 is 1.88 bits per heavy atom. The van der Waals surface area contributed by atoms with Crippen LogP contribution in [-0.2, 0) is 9.53 Å². The standard InChI is InChI=1S/C30H26N2O7S/c1-5-38-29(36)25-17(3)31-30-32(26(25)18-6-9-20(37-4)10-7-18)27(33)24(40-30)15-21-11-13-23(39-21)22-12-8-19(28(34)35)14-16(22)2/h6-15,26H,5H2,1-4H3,(H,34,35). The molecule has 0 aliphatic carbocycles. The van der Waals surface area contributed by atoms with Crippen LogP contribution in [0, 0.1) is 6.92 Å². The van der Waals surface area contributed by atoms with Crippen LogP contribution in [0.15, 0.2) is 80.1 Å². The minimum absolute atomic E-state index is 0.189. The van der Waals surface area contributed by atoms with Crippen molar-refractivity contribution in [3.8, 4) is 17.1 Å². The van der Waals surface area contributed by atoms with E-state index in [0.29, 0.717) is 43.4 Å². The number of thiazole rings is 1. The fraction of sp³-hybridized carbons (Fsp3) is 0.200. The molecular weight excluding hydrogens is 532 g/mol. The molecular formula is C30H26N2O7S. The van der Waals surface area contributed by atoms with Crippen LogP contribution >= 0.6 is 11.3 Å². The summed E-state index contributed by atoms with van der Waals surface area (Å²) < 4.78 is 18.5. The van der Waals surface area contributed by atoms with Gasteiger partial charge in [-0.05, 0) is 68.3 Å². The van der Waals surface area contributed by atoms with Crippen LogP contribution in [-0.4, -0.2) is 35.3 Å². The Labute approximate surface area is 232 Å². The number of carbonyl (C=O) groups excluding carboxylic acids is 1. The molecule has 5 rings (SSSR count). The first kappa shape index (κ1) is 26.9. The average Bonchev–Trinajstić information content (AvgIpc) is 3.52. The van der Waals surface area contributed by atoms with E-state index in [1.807, 2.05) is 19.1 Å². The first-order chi connectivity index (χ1) is 19.2. The Balaban J connectivity index is 1.60. The Kier molecular flexibility index (Phi) is 7.27. The van der Waals surface area contributed by atoms with Gasteiger partial charge in [0.2, 0.25) is 0 Å². The van der Waals surface area contributed by atoms with Crippen LogP contribution in [0.1, 0.15) is 47.1 Å². The molecule has 10 heteroatoms. The van der Waals surface area contributed by atoms with Crippen LogP contribution in [0.25, 0.3) is 17.4 Å². The average molecular weight is 559 g/mol. The summed E-state index contributed by atoms with van der Waals surface area (Å²) in [5.41, 5.74) is 2.87. The van der Waals surface area contributed by atoms with Gasteiger partial charge < -0.3 is 19.0 Å². The van der Waals surface area contributed by atoms with E-state index in [4.69, 9.17) is 13.9 Å². The maximum Gasteiger partial charge on any atom is 0.338 e. The number of benzene rings is 2. The molecule has 1 N–H and O–H groups in total. The number of aromatic nitrogens is 1. The van der Waals surface area contributed by atoms with Crippen molar-refractivity contribution < 1.29 is 28.6 Å². The third kappa shape index (κ3) is 4.89. The van der Waals surface area contributed by atoms with Gasteiger partial charge in [0.1, 0.15) is 17.3 Å². The summed E-state index contributed by atoms with van der Waals surface area (Å²) in [4.78, 5) is 43.1. The fourth-order valence-corrected chi connectivity index (χ4v) is 5.70. The van der Waals surface area contributed by atoms with Crippen molar-refractivity contribution in [1.82, 2.24) is 4.57 Å². The number of nitrogens with zero attached hydrogens (tertiary/aromatic N) is 2. The van der Waals surface area contributed by atoms with Gasteiger partial charge in [-0.15, -0.1) is 0 Å². The Bertz CT molecular complexity index is 1840. The Hall–Kier alpha value is -4.70. The molecule has 1 atom stereocenters. The lowest BCUT2D eigenvalue weighted by molar-refractivity contribution is -0.139. The number of ether oxygens (including phenoxy) is 2. The second-order valence-electron chi connectivity index (χ2n) is 9.11. The van der Waals surface area contributed by atoms with Crippen LogP contribution < -0.4 is 19.6 Å². The predicted molar refractivity (Wildman–Crippen MR) is 149 cm³/mol. The van der Waals surface area contributed by atoms with Gasteiger partial charge in [-0.25, -0.2) is 14.6 Å². The summed E-state index contributed by atoms with van der Waals surface area (Å²) in [5, 5.41) is 9.24. The van der Waals surface area contributed by atoms with Gasteiger partial charge in [-0.1, -0.05) is 29.5 Å². The summed E-state index contributed by atoms with van der Waals surface area (Å²) in [6, 6.07) is 14.8. The zero-order valence-electron chi connectivity index (χ0n) is 22.3. The molecule has 0 spiro atoms. The van der Waals surface area contributed by atoms with E-state index < -0.39 is 18.0 Å². The maximum absolute atomic E-state index is 13.8. The number of carboxylic acids is 1. The molecule has 40 heavy (non-hydrogen) atoms. The number of fused-ring (bicyclic) bond motifs is 1. The second kappa shape index (κ2) is 10.8. The van der Waals surface area contributed by atoms with E-state index >= 15 is 0 Å². The number of hydrogen-bond donors (Lipinski definition) is 1. The van der Waals surface area contributed by atoms with Gasteiger partial charge >= 0.3 is 11.9 Å². The van der Waals surface area contributed by atoms with Gasteiger partial charge in [0.25, 0.3) is 5.56 Å². The maximum atomic E-state index is 13.8. The quantitative estimate of drug-likeness (QED) is 0.340. The highest BCUT2D eigenvalue weighted by molar-refractivity contribution is 7.07. The van der Waals surface area contributed by atoms with Crippen LogP contribution in [0.4, 0.5) is 0 Å². The van der Waals surface area contributed by atoms with Crippen molar-refractivity contribution in [2.24, 2.45) is 4.99 Å². The number of aryl methyl sites for hydroxylation is 1. The number of furan rings is 1. The van der Waals surface area contributed by atoms with E-state index in [-0.39, 0.29) is 17.7 Å². The largest absolute Gasteiger partial charge is 0.497 e. The van der Waals surface area contributed by atoms with Crippen LogP contribution in [0.3, 0.4) is 0 Å². The number of aromatic carboxylic acids is 1. The normalized spacial score (nSPS) is 15.0. The third-order valence-corrected chi connectivity index (χ3v) is 7.57. The molecule has 0 saturated heterocycles. The highest BCUT2D eigenvalue weighted by Gasteiger charge is 2.33. The van der Waals surface area contributed by atoms with Crippen molar-refractivity contribution in [1.29, 1.82) is 0 Å². The molecule has 9 nitrogen and oxygen atoms in total. The summed E-state index contributed by atoms with van der Waals surface area (Å²) in [5.74, 6) is 0.114. The molecule has 1 unspecified atom stereocenters. The lowest BCUT2D eigenvalue weighted by atomic mass is 9.96. The number of hydrogen-bond acceptors (Lipinski definition) is 8. The Morgan fingerprint density at radius 3 is 2.52 bits per heavy atom. The van der Waals surface area contributed by atoms with Gasteiger partial charge in [0.05, 0.1) is 41.1 Å². The van der Waals surface area contributed by atoms with E-state index in [2.05, 4.69) is 4.99 Å². The lowest BCUT2D eigenvalue weighted by Crippen LogP contribution is -2.39. The first-order valence-corrected chi connectivity index (χ1v) is 13.3. The highest BCUT2D eigenvalue weighted by Crippen LogP contribution is 2.32. The number of allylic oxidation sites excluding steroid dienone is 1. The minimum atomic E-state index is -1.00. The van der Waals surface area contributed by atoms with Crippen molar-refractivity contribution in [2.45, 2.75) is 26.8 Å².